The first kappa shape index (κ1) is 17.3. The molecule has 2 fully saturated rings. The molecule has 2 saturated heterocycles. The molecule has 1 atom stereocenters. The third kappa shape index (κ3) is 3.83. The number of carbonyl (C=O) groups excluding carboxylic acids is 1. The Morgan fingerprint density at radius 1 is 1.15 bits per heavy atom. The van der Waals surface area contributed by atoms with E-state index in [0.717, 1.165) is 64.0 Å². The van der Waals surface area contributed by atoms with Gasteiger partial charge in [-0.1, -0.05) is 18.2 Å². The van der Waals surface area contributed by atoms with Gasteiger partial charge < -0.3 is 10.2 Å². The van der Waals surface area contributed by atoms with Crippen molar-refractivity contribution in [1.82, 2.24) is 20.0 Å². The van der Waals surface area contributed by atoms with Gasteiger partial charge in [-0.15, -0.1) is 0 Å². The summed E-state index contributed by atoms with van der Waals surface area (Å²) >= 11 is 0. The molecule has 4 rings (SSSR count). The number of rotatable bonds is 5. The van der Waals surface area contributed by atoms with E-state index in [4.69, 9.17) is 0 Å². The normalized spacial score (nSPS) is 21.2. The monoisotopic (exact) mass is 352 g/mol. The van der Waals surface area contributed by atoms with Gasteiger partial charge in [0.15, 0.2) is 0 Å². The van der Waals surface area contributed by atoms with Crippen molar-refractivity contribution in [3.8, 4) is 0 Å². The Morgan fingerprint density at radius 2 is 2.00 bits per heavy atom. The van der Waals surface area contributed by atoms with Gasteiger partial charge >= 0.3 is 0 Å². The van der Waals surface area contributed by atoms with Crippen molar-refractivity contribution in [2.24, 2.45) is 5.92 Å². The van der Waals surface area contributed by atoms with E-state index < -0.39 is 0 Å². The molecule has 2 aliphatic rings. The highest BCUT2D eigenvalue weighted by Gasteiger charge is 2.27. The summed E-state index contributed by atoms with van der Waals surface area (Å²) in [6.45, 7) is 4.76. The smallest absolute Gasteiger partial charge is 0.254 e. The van der Waals surface area contributed by atoms with E-state index in [1.165, 1.54) is 5.56 Å². The maximum atomic E-state index is 13.1. The highest BCUT2D eigenvalue weighted by molar-refractivity contribution is 5.96. The second-order valence-electron chi connectivity index (χ2n) is 7.57. The molecule has 1 unspecified atom stereocenters. The van der Waals surface area contributed by atoms with Crippen molar-refractivity contribution in [3.05, 3.63) is 53.9 Å². The van der Waals surface area contributed by atoms with Crippen molar-refractivity contribution < 1.29 is 4.79 Å². The van der Waals surface area contributed by atoms with Crippen molar-refractivity contribution in [2.75, 3.05) is 26.2 Å². The highest BCUT2D eigenvalue weighted by Crippen LogP contribution is 2.28. The van der Waals surface area contributed by atoms with Crippen molar-refractivity contribution in [1.29, 1.82) is 0 Å². The molecule has 1 aromatic carbocycles. The SMILES string of the molecule is O=C(c1ccccc1C1CCNC1)N1CCC(CCn2cccn2)CC1. The minimum absolute atomic E-state index is 0.220. The van der Waals surface area contributed by atoms with Gasteiger partial charge in [-0.2, -0.15) is 5.10 Å². The summed E-state index contributed by atoms with van der Waals surface area (Å²) in [4.78, 5) is 15.2. The number of hydrogen-bond donors (Lipinski definition) is 1. The van der Waals surface area contributed by atoms with Crippen LogP contribution in [0.3, 0.4) is 0 Å². The zero-order chi connectivity index (χ0) is 17.8. The Labute approximate surface area is 155 Å². The number of amides is 1. The minimum Gasteiger partial charge on any atom is -0.339 e. The Morgan fingerprint density at radius 3 is 2.73 bits per heavy atom. The predicted octanol–water partition coefficient (Wildman–Crippen LogP) is 2.90. The number of benzene rings is 1. The highest BCUT2D eigenvalue weighted by atomic mass is 16.2. The van der Waals surface area contributed by atoms with Gasteiger partial charge in [0.25, 0.3) is 5.91 Å². The second kappa shape index (κ2) is 8.04. The minimum atomic E-state index is 0.220. The van der Waals surface area contributed by atoms with E-state index >= 15 is 0 Å². The van der Waals surface area contributed by atoms with Gasteiger partial charge in [0.1, 0.15) is 0 Å². The number of hydrogen-bond acceptors (Lipinski definition) is 3. The summed E-state index contributed by atoms with van der Waals surface area (Å²) in [6.07, 6.45) is 8.32. The molecule has 2 aliphatic heterocycles. The van der Waals surface area contributed by atoms with Crippen molar-refractivity contribution in [2.45, 2.75) is 38.1 Å². The molecule has 1 aromatic heterocycles. The van der Waals surface area contributed by atoms with E-state index in [2.05, 4.69) is 27.4 Å². The summed E-state index contributed by atoms with van der Waals surface area (Å²) in [6, 6.07) is 10.2. The molecule has 1 N–H and O–H groups in total. The lowest BCUT2D eigenvalue weighted by molar-refractivity contribution is 0.0683. The molecular weight excluding hydrogens is 324 g/mol. The first-order chi connectivity index (χ1) is 12.8. The predicted molar refractivity (Wildman–Crippen MR) is 102 cm³/mol. The van der Waals surface area contributed by atoms with Crippen molar-refractivity contribution in [3.63, 3.8) is 0 Å². The molecule has 26 heavy (non-hydrogen) atoms. The molecule has 5 heteroatoms. The topological polar surface area (TPSA) is 50.2 Å². The second-order valence-corrected chi connectivity index (χ2v) is 7.57. The number of nitrogens with zero attached hydrogens (tertiary/aromatic N) is 3. The van der Waals surface area contributed by atoms with Crippen molar-refractivity contribution >= 4 is 5.91 Å². The number of aromatic nitrogens is 2. The Bertz CT molecular complexity index is 713. The van der Waals surface area contributed by atoms with Crippen LogP contribution in [0.5, 0.6) is 0 Å². The summed E-state index contributed by atoms with van der Waals surface area (Å²) in [5.41, 5.74) is 2.14. The quantitative estimate of drug-likeness (QED) is 0.900. The van der Waals surface area contributed by atoms with Crippen LogP contribution in [0, 0.1) is 5.92 Å². The Kier molecular flexibility index (Phi) is 5.34. The van der Waals surface area contributed by atoms with Crippen LogP contribution in [0.2, 0.25) is 0 Å². The molecule has 0 saturated carbocycles. The van der Waals surface area contributed by atoms with Crippen LogP contribution in [0.15, 0.2) is 42.7 Å². The molecule has 0 radical (unpaired) electrons. The molecule has 0 aliphatic carbocycles. The summed E-state index contributed by atoms with van der Waals surface area (Å²) in [7, 11) is 0. The third-order valence-corrected chi connectivity index (χ3v) is 5.92. The number of nitrogens with one attached hydrogen (secondary N) is 1. The number of aryl methyl sites for hydroxylation is 1. The van der Waals surface area contributed by atoms with E-state index in [1.807, 2.05) is 35.3 Å². The number of carbonyl (C=O) groups is 1. The molecule has 138 valence electrons. The third-order valence-electron chi connectivity index (χ3n) is 5.92. The molecule has 2 aromatic rings. The summed E-state index contributed by atoms with van der Waals surface area (Å²) < 4.78 is 2.00. The van der Waals surface area contributed by atoms with Gasteiger partial charge in [0.2, 0.25) is 0 Å². The van der Waals surface area contributed by atoms with Crippen LogP contribution >= 0.6 is 0 Å². The fourth-order valence-corrected chi connectivity index (χ4v) is 4.31. The van der Waals surface area contributed by atoms with Gasteiger partial charge in [-0.25, -0.2) is 0 Å². The zero-order valence-electron chi connectivity index (χ0n) is 15.3. The fraction of sp³-hybridized carbons (Fsp3) is 0.524. The van der Waals surface area contributed by atoms with E-state index in [0.29, 0.717) is 11.8 Å². The Hall–Kier alpha value is -2.14. The first-order valence-electron chi connectivity index (χ1n) is 9.87. The van der Waals surface area contributed by atoms with Gasteiger partial charge in [-0.3, -0.25) is 9.48 Å². The van der Waals surface area contributed by atoms with Gasteiger partial charge in [0.05, 0.1) is 0 Å². The van der Waals surface area contributed by atoms with E-state index in [1.54, 1.807) is 0 Å². The van der Waals surface area contributed by atoms with Crippen LogP contribution in [0.4, 0.5) is 0 Å². The van der Waals surface area contributed by atoms with Gasteiger partial charge in [0, 0.05) is 44.1 Å². The molecule has 0 bridgehead atoms. The maximum absolute atomic E-state index is 13.1. The molecule has 1 amide bonds. The average Bonchev–Trinajstić information content (AvgIpc) is 3.40. The standard InChI is InChI=1S/C21H28N4O/c26-21(20-5-2-1-4-19(20)18-6-11-22-16-18)24-13-7-17(8-14-24)9-15-25-12-3-10-23-25/h1-5,10,12,17-18,22H,6-9,11,13-16H2. The van der Waals surface area contributed by atoms with E-state index in [-0.39, 0.29) is 5.91 Å². The molecular formula is C21H28N4O. The summed E-state index contributed by atoms with van der Waals surface area (Å²) in [5, 5.41) is 7.69. The maximum Gasteiger partial charge on any atom is 0.254 e. The van der Waals surface area contributed by atoms with Crippen LogP contribution in [-0.2, 0) is 6.54 Å². The number of likely N-dealkylation sites (tertiary alicyclic amines) is 1. The van der Waals surface area contributed by atoms with E-state index in [9.17, 15) is 4.79 Å². The van der Waals surface area contributed by atoms with Gasteiger partial charge in [-0.05, 0) is 61.8 Å². The Balaban J connectivity index is 1.35. The van der Waals surface area contributed by atoms with Crippen LogP contribution in [-0.4, -0.2) is 46.8 Å². The molecule has 3 heterocycles. The van der Waals surface area contributed by atoms with Crippen LogP contribution < -0.4 is 5.32 Å². The largest absolute Gasteiger partial charge is 0.339 e. The number of piperidine rings is 1. The lowest BCUT2D eigenvalue weighted by atomic mass is 9.90. The molecule has 0 spiro atoms. The zero-order valence-corrected chi connectivity index (χ0v) is 15.3. The lowest BCUT2D eigenvalue weighted by Gasteiger charge is -2.33. The average molecular weight is 352 g/mol. The lowest BCUT2D eigenvalue weighted by Crippen LogP contribution is -2.39. The first-order valence-corrected chi connectivity index (χ1v) is 9.87. The van der Waals surface area contributed by atoms with Crippen LogP contribution in [0.1, 0.15) is 47.5 Å². The fourth-order valence-electron chi connectivity index (χ4n) is 4.31. The molecule has 5 nitrogen and oxygen atoms in total. The van der Waals surface area contributed by atoms with Crippen LogP contribution in [0.25, 0.3) is 0 Å². The summed E-state index contributed by atoms with van der Waals surface area (Å²) in [5.74, 6) is 1.39.